The van der Waals surface area contributed by atoms with Gasteiger partial charge in [-0.1, -0.05) is 6.07 Å². The first kappa shape index (κ1) is 14.6. The van der Waals surface area contributed by atoms with Crippen LogP contribution in [0.1, 0.15) is 28.1 Å². The highest BCUT2D eigenvalue weighted by molar-refractivity contribution is 5.46. The molecule has 0 saturated heterocycles. The summed E-state index contributed by atoms with van der Waals surface area (Å²) in [6.45, 7) is 3.93. The molecule has 0 aliphatic rings. The van der Waals surface area contributed by atoms with E-state index in [9.17, 15) is 0 Å². The highest BCUT2D eigenvalue weighted by atomic mass is 15.3. The Bertz CT molecular complexity index is 951. The fourth-order valence-corrected chi connectivity index (χ4v) is 2.24. The third-order valence-electron chi connectivity index (χ3n) is 3.33. The van der Waals surface area contributed by atoms with Gasteiger partial charge in [0.15, 0.2) is 0 Å². The second-order valence-electron chi connectivity index (χ2n) is 5.24. The number of hydrogen-bond acceptors (Lipinski definition) is 3. The maximum atomic E-state index is 9.09. The first-order valence-electron chi connectivity index (χ1n) is 7.17. The molecule has 2 aromatic heterocycles. The molecule has 0 fully saturated rings. The van der Waals surface area contributed by atoms with Crippen molar-refractivity contribution in [1.82, 2.24) is 14.8 Å². The molecule has 0 unspecified atom stereocenters. The molecular formula is C19H14N4. The Morgan fingerprint density at radius 1 is 1.09 bits per heavy atom. The van der Waals surface area contributed by atoms with Crippen molar-refractivity contribution >= 4 is 0 Å². The quantitative estimate of drug-likeness (QED) is 0.648. The molecule has 0 amide bonds. The van der Waals surface area contributed by atoms with E-state index in [2.05, 4.69) is 28.0 Å². The average molecular weight is 298 g/mol. The Hall–Kier alpha value is -3.37. The largest absolute Gasteiger partial charge is 0.248 e. The minimum absolute atomic E-state index is 0.620. The summed E-state index contributed by atoms with van der Waals surface area (Å²) in [7, 11) is 0. The molecule has 4 heteroatoms. The molecule has 0 aliphatic heterocycles. The van der Waals surface area contributed by atoms with Crippen LogP contribution in [0, 0.1) is 37.0 Å². The van der Waals surface area contributed by atoms with E-state index in [1.54, 1.807) is 10.9 Å². The van der Waals surface area contributed by atoms with Crippen LogP contribution >= 0.6 is 0 Å². The minimum Gasteiger partial charge on any atom is -0.248 e. The first-order chi connectivity index (χ1) is 11.2. The zero-order valence-corrected chi connectivity index (χ0v) is 12.9. The third kappa shape index (κ3) is 3.28. The summed E-state index contributed by atoms with van der Waals surface area (Å²) in [4.78, 5) is 4.18. The van der Waals surface area contributed by atoms with E-state index >= 15 is 0 Å². The number of benzene rings is 1. The van der Waals surface area contributed by atoms with Gasteiger partial charge in [0.25, 0.3) is 0 Å². The van der Waals surface area contributed by atoms with Crippen molar-refractivity contribution in [2.75, 3.05) is 0 Å². The summed E-state index contributed by atoms with van der Waals surface area (Å²) >= 11 is 0. The highest BCUT2D eigenvalue weighted by Gasteiger charge is 2.06. The van der Waals surface area contributed by atoms with E-state index in [4.69, 9.17) is 5.26 Å². The Morgan fingerprint density at radius 3 is 2.70 bits per heavy atom. The lowest BCUT2D eigenvalue weighted by Gasteiger charge is -2.03. The number of rotatable bonds is 1. The molecule has 1 aromatic carbocycles. The topological polar surface area (TPSA) is 54.5 Å². The molecule has 0 aliphatic carbocycles. The molecule has 23 heavy (non-hydrogen) atoms. The van der Waals surface area contributed by atoms with Gasteiger partial charge in [-0.05, 0) is 61.6 Å². The van der Waals surface area contributed by atoms with Crippen LogP contribution in [0.25, 0.3) is 5.69 Å². The number of nitriles is 1. The van der Waals surface area contributed by atoms with Crippen LogP contribution in [0.5, 0.6) is 0 Å². The van der Waals surface area contributed by atoms with Crippen LogP contribution in [0.3, 0.4) is 0 Å². The van der Waals surface area contributed by atoms with Gasteiger partial charge in [-0.3, -0.25) is 0 Å². The summed E-state index contributed by atoms with van der Waals surface area (Å²) in [5.74, 6) is 6.06. The SMILES string of the molecule is Cc1cc(C#N)cc(-n2cc(C)c(C#Cc3ccccn3)n2)c1. The van der Waals surface area contributed by atoms with Gasteiger partial charge in [-0.2, -0.15) is 10.4 Å². The Morgan fingerprint density at radius 2 is 1.96 bits per heavy atom. The van der Waals surface area contributed by atoms with Crippen LogP contribution in [-0.2, 0) is 0 Å². The zero-order valence-electron chi connectivity index (χ0n) is 12.9. The van der Waals surface area contributed by atoms with Crippen molar-refractivity contribution in [2.24, 2.45) is 0 Å². The molecule has 0 N–H and O–H groups in total. The molecule has 0 spiro atoms. The average Bonchev–Trinajstić information content (AvgIpc) is 2.94. The van der Waals surface area contributed by atoms with Gasteiger partial charge in [0, 0.05) is 18.0 Å². The normalized spacial score (nSPS) is 9.78. The molecule has 0 bridgehead atoms. The number of pyridine rings is 1. The minimum atomic E-state index is 0.620. The lowest BCUT2D eigenvalue weighted by molar-refractivity contribution is 0.872. The molecule has 0 atom stereocenters. The van der Waals surface area contributed by atoms with Gasteiger partial charge in [-0.25, -0.2) is 9.67 Å². The predicted molar refractivity (Wildman–Crippen MR) is 88.0 cm³/mol. The monoisotopic (exact) mass is 298 g/mol. The van der Waals surface area contributed by atoms with Gasteiger partial charge in [0.2, 0.25) is 0 Å². The molecule has 2 heterocycles. The van der Waals surface area contributed by atoms with Crippen molar-refractivity contribution in [3.8, 4) is 23.6 Å². The summed E-state index contributed by atoms with van der Waals surface area (Å²) in [5, 5.41) is 13.6. The van der Waals surface area contributed by atoms with Gasteiger partial charge in [0.05, 0.1) is 17.3 Å². The van der Waals surface area contributed by atoms with Crippen LogP contribution < -0.4 is 0 Å². The van der Waals surface area contributed by atoms with Crippen molar-refractivity contribution in [3.63, 3.8) is 0 Å². The molecule has 3 aromatic rings. The molecular weight excluding hydrogens is 284 g/mol. The molecule has 0 saturated carbocycles. The van der Waals surface area contributed by atoms with Crippen molar-refractivity contribution in [1.29, 1.82) is 5.26 Å². The first-order valence-corrected chi connectivity index (χ1v) is 7.17. The zero-order chi connectivity index (χ0) is 16.2. The number of nitrogens with zero attached hydrogens (tertiary/aromatic N) is 4. The Balaban J connectivity index is 1.98. The van der Waals surface area contributed by atoms with Crippen molar-refractivity contribution in [3.05, 3.63) is 76.9 Å². The van der Waals surface area contributed by atoms with Crippen molar-refractivity contribution in [2.45, 2.75) is 13.8 Å². The van der Waals surface area contributed by atoms with Crippen molar-refractivity contribution < 1.29 is 0 Å². The third-order valence-corrected chi connectivity index (χ3v) is 3.33. The van der Waals surface area contributed by atoms with Crippen LogP contribution in [0.2, 0.25) is 0 Å². The predicted octanol–water partition coefficient (Wildman–Crippen LogP) is 3.16. The van der Waals surface area contributed by atoms with E-state index in [0.717, 1.165) is 16.8 Å². The summed E-state index contributed by atoms with van der Waals surface area (Å²) in [6.07, 6.45) is 3.63. The number of aryl methyl sites for hydroxylation is 2. The lowest BCUT2D eigenvalue weighted by atomic mass is 10.1. The fourth-order valence-electron chi connectivity index (χ4n) is 2.24. The molecule has 3 rings (SSSR count). The van der Waals surface area contributed by atoms with E-state index < -0.39 is 0 Å². The van der Waals surface area contributed by atoms with E-state index in [0.29, 0.717) is 17.0 Å². The molecule has 4 nitrogen and oxygen atoms in total. The standard InChI is InChI=1S/C19H14N4/c1-14-9-16(12-20)11-18(10-14)23-13-15(2)19(22-23)7-6-17-5-3-4-8-21-17/h3-5,8-11,13H,1-2H3. The van der Waals surface area contributed by atoms with E-state index in [1.165, 1.54) is 0 Å². The van der Waals surface area contributed by atoms with Crippen LogP contribution in [-0.4, -0.2) is 14.8 Å². The second-order valence-corrected chi connectivity index (χ2v) is 5.24. The highest BCUT2D eigenvalue weighted by Crippen LogP contribution is 2.15. The lowest BCUT2D eigenvalue weighted by Crippen LogP contribution is -1.96. The summed E-state index contributed by atoms with van der Waals surface area (Å²) in [6, 6.07) is 13.4. The molecule has 0 radical (unpaired) electrons. The van der Waals surface area contributed by atoms with Crippen LogP contribution in [0.15, 0.2) is 48.8 Å². The maximum absolute atomic E-state index is 9.09. The fraction of sp³-hybridized carbons (Fsp3) is 0.105. The van der Waals surface area contributed by atoms with Crippen LogP contribution in [0.4, 0.5) is 0 Å². The Labute approximate surface area is 135 Å². The number of hydrogen-bond donors (Lipinski definition) is 0. The van der Waals surface area contributed by atoms with Gasteiger partial charge < -0.3 is 0 Å². The number of aromatic nitrogens is 3. The smallest absolute Gasteiger partial charge is 0.139 e. The summed E-state index contributed by atoms with van der Waals surface area (Å²) < 4.78 is 1.76. The second kappa shape index (κ2) is 6.17. The Kier molecular flexibility index (Phi) is 3.91. The van der Waals surface area contributed by atoms with E-state index in [1.807, 2.05) is 56.4 Å². The van der Waals surface area contributed by atoms with Gasteiger partial charge in [0.1, 0.15) is 11.4 Å². The maximum Gasteiger partial charge on any atom is 0.139 e. The summed E-state index contributed by atoms with van der Waals surface area (Å²) in [5.41, 5.74) is 4.89. The van der Waals surface area contributed by atoms with E-state index in [-0.39, 0.29) is 0 Å². The molecule has 110 valence electrons. The van der Waals surface area contributed by atoms with Gasteiger partial charge >= 0.3 is 0 Å². The van der Waals surface area contributed by atoms with Gasteiger partial charge in [-0.15, -0.1) is 0 Å².